The fourth-order valence-electron chi connectivity index (χ4n) is 1.93. The molecule has 0 saturated heterocycles. The minimum Gasteiger partial charge on any atom is -0.462 e. The summed E-state index contributed by atoms with van der Waals surface area (Å²) in [5.74, 6) is -0.452. The summed E-state index contributed by atoms with van der Waals surface area (Å²) in [6, 6.07) is 9.85. The molecule has 116 valence electrons. The zero-order valence-corrected chi connectivity index (χ0v) is 13.7. The van der Waals surface area contributed by atoms with Crippen LogP contribution in [0.1, 0.15) is 22.8 Å². The van der Waals surface area contributed by atoms with E-state index in [-0.39, 0.29) is 6.61 Å². The molecule has 0 aliphatic heterocycles. The van der Waals surface area contributed by atoms with E-state index in [1.54, 1.807) is 25.1 Å². The second-order valence-corrected chi connectivity index (χ2v) is 5.65. The number of hydrogen-bond acceptors (Lipinski definition) is 2. The van der Waals surface area contributed by atoms with Gasteiger partial charge in [-0.15, -0.1) is 0 Å². The number of benzene rings is 2. The summed E-state index contributed by atoms with van der Waals surface area (Å²) in [7, 11) is 0. The summed E-state index contributed by atoms with van der Waals surface area (Å²) in [6.45, 7) is 1.97. The van der Waals surface area contributed by atoms with Crippen molar-refractivity contribution in [3.63, 3.8) is 0 Å². The van der Waals surface area contributed by atoms with Crippen LogP contribution in [-0.4, -0.2) is 12.6 Å². The zero-order chi connectivity index (χ0) is 16.3. The molecular formula is C16H12F3IO2. The summed E-state index contributed by atoms with van der Waals surface area (Å²) in [5, 5.41) is 0. The molecule has 6 heteroatoms. The Hall–Kier alpha value is -1.57. The van der Waals surface area contributed by atoms with Crippen molar-refractivity contribution in [3.05, 3.63) is 57.2 Å². The first-order chi connectivity index (χ1) is 10.3. The SMILES string of the molecule is CCOC(=O)c1ccc(I)c(-c2ccc(C(F)(F)F)cc2)c1. The molecule has 2 aromatic carbocycles. The van der Waals surface area contributed by atoms with Crippen molar-refractivity contribution >= 4 is 28.6 Å². The van der Waals surface area contributed by atoms with Crippen LogP contribution in [0.2, 0.25) is 0 Å². The van der Waals surface area contributed by atoms with Gasteiger partial charge < -0.3 is 4.74 Å². The van der Waals surface area contributed by atoms with Crippen molar-refractivity contribution in [2.75, 3.05) is 6.61 Å². The highest BCUT2D eigenvalue weighted by Crippen LogP contribution is 2.32. The molecule has 0 bridgehead atoms. The van der Waals surface area contributed by atoms with Gasteiger partial charge in [0.25, 0.3) is 0 Å². The molecule has 22 heavy (non-hydrogen) atoms. The van der Waals surface area contributed by atoms with E-state index in [9.17, 15) is 18.0 Å². The van der Waals surface area contributed by atoms with Crippen molar-refractivity contribution < 1.29 is 22.7 Å². The zero-order valence-electron chi connectivity index (χ0n) is 11.6. The fraction of sp³-hybridized carbons (Fsp3) is 0.188. The Balaban J connectivity index is 2.39. The predicted octanol–water partition coefficient (Wildman–Crippen LogP) is 5.15. The van der Waals surface area contributed by atoms with Crippen molar-refractivity contribution in [3.8, 4) is 11.1 Å². The molecule has 0 N–H and O–H groups in total. The molecule has 2 nitrogen and oxygen atoms in total. The highest BCUT2D eigenvalue weighted by atomic mass is 127. The smallest absolute Gasteiger partial charge is 0.416 e. The molecule has 2 aromatic rings. The third kappa shape index (κ3) is 3.79. The average Bonchev–Trinajstić information content (AvgIpc) is 2.47. The van der Waals surface area contributed by atoms with Gasteiger partial charge in [0.15, 0.2) is 0 Å². The van der Waals surface area contributed by atoms with E-state index >= 15 is 0 Å². The normalized spacial score (nSPS) is 11.3. The van der Waals surface area contributed by atoms with Gasteiger partial charge in [0.05, 0.1) is 17.7 Å². The third-order valence-electron chi connectivity index (χ3n) is 3.00. The number of carbonyl (C=O) groups excluding carboxylic acids is 1. The van der Waals surface area contributed by atoms with Gasteiger partial charge in [0.2, 0.25) is 0 Å². The van der Waals surface area contributed by atoms with Crippen LogP contribution < -0.4 is 0 Å². The molecule has 0 amide bonds. The third-order valence-corrected chi connectivity index (χ3v) is 3.94. The Morgan fingerprint density at radius 2 is 1.77 bits per heavy atom. The molecule has 0 spiro atoms. The van der Waals surface area contributed by atoms with Gasteiger partial charge in [-0.25, -0.2) is 4.79 Å². The lowest BCUT2D eigenvalue weighted by Gasteiger charge is -2.10. The first-order valence-electron chi connectivity index (χ1n) is 6.47. The average molecular weight is 420 g/mol. The number of alkyl halides is 3. The van der Waals surface area contributed by atoms with E-state index < -0.39 is 17.7 Å². The number of ether oxygens (including phenoxy) is 1. The first-order valence-corrected chi connectivity index (χ1v) is 7.55. The van der Waals surface area contributed by atoms with Crippen molar-refractivity contribution in [2.24, 2.45) is 0 Å². The number of esters is 1. The molecule has 0 atom stereocenters. The largest absolute Gasteiger partial charge is 0.462 e. The Morgan fingerprint density at radius 1 is 1.14 bits per heavy atom. The second-order valence-electron chi connectivity index (χ2n) is 4.49. The molecule has 0 fully saturated rings. The maximum Gasteiger partial charge on any atom is 0.416 e. The van der Waals surface area contributed by atoms with Crippen LogP contribution in [0.15, 0.2) is 42.5 Å². The summed E-state index contributed by atoms with van der Waals surface area (Å²) in [4.78, 5) is 11.8. The highest BCUT2D eigenvalue weighted by Gasteiger charge is 2.30. The van der Waals surface area contributed by atoms with Crippen molar-refractivity contribution in [1.82, 2.24) is 0 Å². The van der Waals surface area contributed by atoms with Crippen LogP contribution in [0.25, 0.3) is 11.1 Å². The molecule has 0 unspecified atom stereocenters. The minimum atomic E-state index is -4.36. The van der Waals surface area contributed by atoms with Crippen molar-refractivity contribution in [2.45, 2.75) is 13.1 Å². The number of rotatable bonds is 3. The van der Waals surface area contributed by atoms with Gasteiger partial charge in [-0.2, -0.15) is 13.2 Å². The van der Waals surface area contributed by atoms with E-state index in [0.29, 0.717) is 16.7 Å². The standard InChI is InChI=1S/C16H12F3IO2/c1-2-22-15(21)11-5-8-14(20)13(9-11)10-3-6-12(7-4-10)16(17,18)19/h3-9H,2H2,1H3. The van der Waals surface area contributed by atoms with E-state index in [1.807, 2.05) is 0 Å². The lowest BCUT2D eigenvalue weighted by Crippen LogP contribution is -2.05. The summed E-state index contributed by atoms with van der Waals surface area (Å²) in [5.41, 5.74) is 0.980. The van der Waals surface area contributed by atoms with E-state index in [1.165, 1.54) is 12.1 Å². The van der Waals surface area contributed by atoms with Crippen LogP contribution >= 0.6 is 22.6 Å². The first kappa shape index (κ1) is 16.8. The van der Waals surface area contributed by atoms with E-state index in [0.717, 1.165) is 15.7 Å². The number of hydrogen-bond donors (Lipinski definition) is 0. The molecular weight excluding hydrogens is 408 g/mol. The number of halogens is 4. The Labute approximate surface area is 139 Å². The topological polar surface area (TPSA) is 26.3 Å². The monoisotopic (exact) mass is 420 g/mol. The fourth-order valence-corrected chi connectivity index (χ4v) is 2.57. The lowest BCUT2D eigenvalue weighted by molar-refractivity contribution is -0.137. The molecule has 2 rings (SSSR count). The molecule has 0 heterocycles. The Morgan fingerprint density at radius 3 is 2.32 bits per heavy atom. The van der Waals surface area contributed by atoms with Crippen LogP contribution in [0, 0.1) is 3.57 Å². The van der Waals surface area contributed by atoms with Crippen LogP contribution in [0.3, 0.4) is 0 Å². The maximum absolute atomic E-state index is 12.6. The van der Waals surface area contributed by atoms with Gasteiger partial charge in [-0.1, -0.05) is 12.1 Å². The van der Waals surface area contributed by atoms with Gasteiger partial charge in [0, 0.05) is 3.57 Å². The van der Waals surface area contributed by atoms with E-state index in [4.69, 9.17) is 4.74 Å². The van der Waals surface area contributed by atoms with Crippen LogP contribution in [0.4, 0.5) is 13.2 Å². The molecule has 0 aromatic heterocycles. The van der Waals surface area contributed by atoms with E-state index in [2.05, 4.69) is 22.6 Å². The predicted molar refractivity (Wildman–Crippen MR) is 85.6 cm³/mol. The van der Waals surface area contributed by atoms with Crippen molar-refractivity contribution in [1.29, 1.82) is 0 Å². The summed E-state index contributed by atoms with van der Waals surface area (Å²) in [6.07, 6.45) is -4.36. The molecule has 0 aliphatic rings. The molecule has 0 aliphatic carbocycles. The quantitative estimate of drug-likeness (QED) is 0.507. The number of carbonyl (C=O) groups is 1. The highest BCUT2D eigenvalue weighted by molar-refractivity contribution is 14.1. The summed E-state index contributed by atoms with van der Waals surface area (Å²) >= 11 is 2.08. The molecule has 0 radical (unpaired) electrons. The Bertz CT molecular complexity index is 679. The lowest BCUT2D eigenvalue weighted by atomic mass is 10.0. The van der Waals surface area contributed by atoms with Gasteiger partial charge in [-0.3, -0.25) is 0 Å². The van der Waals surface area contributed by atoms with Gasteiger partial charge >= 0.3 is 12.1 Å². The van der Waals surface area contributed by atoms with Gasteiger partial charge in [0.1, 0.15) is 0 Å². The summed E-state index contributed by atoms with van der Waals surface area (Å²) < 4.78 is 43.6. The Kier molecular flexibility index (Phi) is 5.10. The molecule has 0 saturated carbocycles. The second kappa shape index (κ2) is 6.68. The van der Waals surface area contributed by atoms with Crippen LogP contribution in [0.5, 0.6) is 0 Å². The van der Waals surface area contributed by atoms with Gasteiger partial charge in [-0.05, 0) is 71.0 Å². The maximum atomic E-state index is 12.6. The van der Waals surface area contributed by atoms with Crippen LogP contribution in [-0.2, 0) is 10.9 Å². The minimum absolute atomic E-state index is 0.264.